The lowest BCUT2D eigenvalue weighted by atomic mass is 9.92. The number of hydrogen-bond acceptors (Lipinski definition) is 5. The zero-order chi connectivity index (χ0) is 22.6. The fourth-order valence-electron chi connectivity index (χ4n) is 3.83. The van der Waals surface area contributed by atoms with Gasteiger partial charge in [0.25, 0.3) is 0 Å². The van der Waals surface area contributed by atoms with Crippen molar-refractivity contribution in [1.29, 1.82) is 0 Å². The van der Waals surface area contributed by atoms with Crippen molar-refractivity contribution < 1.29 is 23.9 Å². The summed E-state index contributed by atoms with van der Waals surface area (Å²) in [4.78, 5) is 52.7. The normalized spacial score (nSPS) is 21.0. The molecule has 2 amide bonds. The average molecular weight is 451 g/mol. The van der Waals surface area contributed by atoms with Gasteiger partial charge in [-0.3, -0.25) is 24.0 Å². The zero-order valence-corrected chi connectivity index (χ0v) is 18.6. The summed E-state index contributed by atoms with van der Waals surface area (Å²) in [5.74, 6) is -0.282. The van der Waals surface area contributed by atoms with Crippen LogP contribution in [0.15, 0.2) is 24.5 Å². The maximum absolute atomic E-state index is 12.8. The number of nitrogens with one attached hydrogen (secondary N) is 3. The maximum atomic E-state index is 12.8. The zero-order valence-electron chi connectivity index (χ0n) is 17.7. The molecule has 3 atom stereocenters. The molecule has 0 aliphatic carbocycles. The van der Waals surface area contributed by atoms with E-state index < -0.39 is 19.7 Å². The predicted octanol–water partition coefficient (Wildman–Crippen LogP) is 0.962. The molecule has 10 nitrogen and oxygen atoms in total. The van der Waals surface area contributed by atoms with E-state index in [-0.39, 0.29) is 24.5 Å². The molecule has 0 unspecified atom stereocenters. The summed E-state index contributed by atoms with van der Waals surface area (Å²) in [5.41, 5.74) is 1.77. The van der Waals surface area contributed by atoms with Crippen LogP contribution in [0, 0.1) is 5.92 Å². The summed E-state index contributed by atoms with van der Waals surface area (Å²) in [6.45, 7) is 4.70. The summed E-state index contributed by atoms with van der Waals surface area (Å²) < 4.78 is 11.2. The molecule has 0 bridgehead atoms. The molecule has 2 aromatic rings. The van der Waals surface area contributed by atoms with E-state index in [1.165, 1.54) is 0 Å². The number of piperidine rings is 1. The largest absolute Gasteiger partial charge is 0.357 e. The molecule has 3 rings (SSSR count). The second kappa shape index (κ2) is 9.91. The average Bonchev–Trinajstić information content (AvgIpc) is 3.13. The highest BCUT2D eigenvalue weighted by molar-refractivity contribution is 7.51. The summed E-state index contributed by atoms with van der Waals surface area (Å²) in [5, 5.41) is 6.52. The highest BCUT2D eigenvalue weighted by Crippen LogP contribution is 2.34. The standard InChI is InChI=1S/C20H30N5O5P/c1-13-4-6-25(7-8-31(28,29)30)18(9-13)20(27)23-14(2)19(26)22-12-16-10-15-11-21-5-3-17(15)24-16/h3,5,10-11,13-14,18,24H,4,6-9,12H2,1-2H3,(H,22,26)(H,23,27)(H2,28,29,30)/t13-,14-,18+/m0/s1. The SMILES string of the molecule is C[C@H]1CCN(CCP(=O)(O)O)[C@@H](C(=O)N[C@@H](C)C(=O)NCc2cc3cnccc3[nH]2)C1. The van der Waals surface area contributed by atoms with Gasteiger partial charge >= 0.3 is 7.60 Å². The fourth-order valence-corrected chi connectivity index (χ4v) is 4.34. The van der Waals surface area contributed by atoms with E-state index in [0.29, 0.717) is 25.4 Å². The Morgan fingerprint density at radius 3 is 2.90 bits per heavy atom. The second-order valence-electron chi connectivity index (χ2n) is 8.28. The predicted molar refractivity (Wildman–Crippen MR) is 116 cm³/mol. The van der Waals surface area contributed by atoms with Crippen LogP contribution in [-0.4, -0.2) is 67.8 Å². The van der Waals surface area contributed by atoms with E-state index in [4.69, 9.17) is 9.79 Å². The summed E-state index contributed by atoms with van der Waals surface area (Å²) in [7, 11) is -4.14. The van der Waals surface area contributed by atoms with Crippen molar-refractivity contribution in [2.75, 3.05) is 19.3 Å². The van der Waals surface area contributed by atoms with Crippen LogP contribution in [0.25, 0.3) is 10.9 Å². The first-order valence-electron chi connectivity index (χ1n) is 10.4. The highest BCUT2D eigenvalue weighted by atomic mass is 31.2. The Kier molecular flexibility index (Phi) is 7.48. The quantitative estimate of drug-likeness (QED) is 0.376. The van der Waals surface area contributed by atoms with Gasteiger partial charge in [-0.1, -0.05) is 6.92 Å². The second-order valence-corrected chi connectivity index (χ2v) is 10.1. The third-order valence-corrected chi connectivity index (χ3v) is 6.42. The molecular weight excluding hydrogens is 421 g/mol. The Hall–Kier alpha value is -2.26. The van der Waals surface area contributed by atoms with E-state index in [0.717, 1.165) is 23.0 Å². The van der Waals surface area contributed by atoms with E-state index in [1.54, 1.807) is 24.2 Å². The lowest BCUT2D eigenvalue weighted by Gasteiger charge is -2.37. The van der Waals surface area contributed by atoms with E-state index in [1.807, 2.05) is 19.1 Å². The Bertz CT molecular complexity index is 941. The fraction of sp³-hybridized carbons (Fsp3) is 0.550. The summed E-state index contributed by atoms with van der Waals surface area (Å²) in [6, 6.07) is 2.52. The van der Waals surface area contributed by atoms with E-state index in [9.17, 15) is 14.2 Å². The van der Waals surface area contributed by atoms with Gasteiger partial charge in [0.15, 0.2) is 0 Å². The number of likely N-dealkylation sites (tertiary alicyclic amines) is 1. The van der Waals surface area contributed by atoms with Crippen molar-refractivity contribution >= 4 is 30.3 Å². The number of aromatic amines is 1. The number of carbonyl (C=O) groups excluding carboxylic acids is 2. The minimum absolute atomic E-state index is 0.144. The van der Waals surface area contributed by atoms with Crippen LogP contribution in [0.1, 0.15) is 32.4 Å². The van der Waals surface area contributed by atoms with Gasteiger partial charge in [-0.2, -0.15) is 0 Å². The van der Waals surface area contributed by atoms with Crippen molar-refractivity contribution in [3.8, 4) is 0 Å². The molecule has 0 radical (unpaired) electrons. The molecule has 2 aromatic heterocycles. The van der Waals surface area contributed by atoms with Crippen molar-refractivity contribution in [1.82, 2.24) is 25.5 Å². The number of aromatic nitrogens is 2. The number of fused-ring (bicyclic) bond motifs is 1. The van der Waals surface area contributed by atoms with Gasteiger partial charge in [-0.25, -0.2) is 0 Å². The third-order valence-electron chi connectivity index (χ3n) is 5.64. The van der Waals surface area contributed by atoms with Crippen molar-refractivity contribution in [3.63, 3.8) is 0 Å². The Morgan fingerprint density at radius 2 is 2.19 bits per heavy atom. The van der Waals surface area contributed by atoms with Crippen LogP contribution < -0.4 is 10.6 Å². The van der Waals surface area contributed by atoms with Gasteiger partial charge in [0.1, 0.15) is 6.04 Å². The number of hydrogen-bond donors (Lipinski definition) is 5. The maximum Gasteiger partial charge on any atom is 0.326 e. The molecule has 3 heterocycles. The summed E-state index contributed by atoms with van der Waals surface area (Å²) >= 11 is 0. The number of H-pyrrole nitrogens is 1. The van der Waals surface area contributed by atoms with Crippen LogP contribution in [-0.2, 0) is 20.7 Å². The number of rotatable bonds is 8. The molecule has 0 aromatic carbocycles. The molecule has 1 saturated heterocycles. The van der Waals surface area contributed by atoms with E-state index in [2.05, 4.69) is 20.6 Å². The van der Waals surface area contributed by atoms with Gasteiger partial charge < -0.3 is 25.4 Å². The van der Waals surface area contributed by atoms with Gasteiger partial charge in [0, 0.05) is 35.5 Å². The van der Waals surface area contributed by atoms with Gasteiger partial charge in [0.2, 0.25) is 11.8 Å². The lowest BCUT2D eigenvalue weighted by Crippen LogP contribution is -2.55. The first-order valence-corrected chi connectivity index (χ1v) is 12.2. The lowest BCUT2D eigenvalue weighted by molar-refractivity contribution is -0.133. The molecular formula is C20H30N5O5P. The van der Waals surface area contributed by atoms with E-state index >= 15 is 0 Å². The highest BCUT2D eigenvalue weighted by Gasteiger charge is 2.33. The number of amides is 2. The number of nitrogens with zero attached hydrogens (tertiary/aromatic N) is 2. The molecule has 31 heavy (non-hydrogen) atoms. The van der Waals surface area contributed by atoms with Gasteiger partial charge in [-0.05, 0) is 44.4 Å². The molecule has 0 spiro atoms. The Labute approximate surface area is 181 Å². The van der Waals surface area contributed by atoms with Crippen molar-refractivity contribution in [2.24, 2.45) is 5.92 Å². The molecule has 11 heteroatoms. The van der Waals surface area contributed by atoms with Crippen LogP contribution >= 0.6 is 7.60 Å². The molecule has 5 N–H and O–H groups in total. The monoisotopic (exact) mass is 451 g/mol. The Morgan fingerprint density at radius 1 is 1.42 bits per heavy atom. The minimum Gasteiger partial charge on any atom is -0.357 e. The molecule has 170 valence electrons. The molecule has 1 aliphatic rings. The summed E-state index contributed by atoms with van der Waals surface area (Å²) in [6.07, 6.45) is 4.59. The van der Waals surface area contributed by atoms with Crippen LogP contribution in [0.2, 0.25) is 0 Å². The number of carbonyl (C=O) groups is 2. The first-order chi connectivity index (χ1) is 14.6. The minimum atomic E-state index is -4.14. The van der Waals surface area contributed by atoms with Gasteiger partial charge in [-0.15, -0.1) is 0 Å². The third kappa shape index (κ3) is 6.61. The molecule has 1 aliphatic heterocycles. The van der Waals surface area contributed by atoms with Crippen LogP contribution in [0.4, 0.5) is 0 Å². The Balaban J connectivity index is 1.54. The first kappa shape index (κ1) is 23.4. The van der Waals surface area contributed by atoms with Crippen molar-refractivity contribution in [3.05, 3.63) is 30.2 Å². The van der Waals surface area contributed by atoms with Crippen LogP contribution in [0.5, 0.6) is 0 Å². The topological polar surface area (TPSA) is 148 Å². The van der Waals surface area contributed by atoms with Crippen LogP contribution in [0.3, 0.4) is 0 Å². The smallest absolute Gasteiger partial charge is 0.326 e. The molecule has 0 saturated carbocycles. The van der Waals surface area contributed by atoms with Gasteiger partial charge in [0.05, 0.1) is 18.7 Å². The van der Waals surface area contributed by atoms with Crippen molar-refractivity contribution in [2.45, 2.75) is 45.3 Å². The molecule has 1 fully saturated rings. The number of pyridine rings is 1.